The quantitative estimate of drug-likeness (QED) is 0.698. The van der Waals surface area contributed by atoms with E-state index in [2.05, 4.69) is 21.2 Å². The Morgan fingerprint density at radius 3 is 2.57 bits per heavy atom. The molecule has 2 aliphatic rings. The molecular weight excluding hydrogens is 442 g/mol. The molecule has 4 rings (SSSR count). The SMILES string of the molecule is Cc1ccccc1NCN1C(=O)S/C(=C2/C(=O)N(C)c3ccc(Br)cc32)C1=O. The van der Waals surface area contributed by atoms with Gasteiger partial charge in [0.25, 0.3) is 17.1 Å². The summed E-state index contributed by atoms with van der Waals surface area (Å²) in [6, 6.07) is 13.1. The lowest BCUT2D eigenvalue weighted by molar-refractivity contribution is -0.122. The summed E-state index contributed by atoms with van der Waals surface area (Å²) in [5.74, 6) is -0.744. The van der Waals surface area contributed by atoms with Gasteiger partial charge in [-0.25, -0.2) is 0 Å². The molecule has 6 nitrogen and oxygen atoms in total. The molecule has 2 aliphatic heterocycles. The number of imide groups is 1. The molecule has 0 spiro atoms. The summed E-state index contributed by atoms with van der Waals surface area (Å²) in [7, 11) is 1.66. The Balaban J connectivity index is 1.67. The zero-order valence-corrected chi connectivity index (χ0v) is 17.6. The van der Waals surface area contributed by atoms with Crippen molar-refractivity contribution in [2.24, 2.45) is 0 Å². The first kappa shape index (κ1) is 18.8. The van der Waals surface area contributed by atoms with E-state index in [-0.39, 0.29) is 23.1 Å². The molecule has 1 N–H and O–H groups in total. The molecule has 1 fully saturated rings. The molecule has 1 saturated heterocycles. The third kappa shape index (κ3) is 3.02. The van der Waals surface area contributed by atoms with Crippen LogP contribution in [0.5, 0.6) is 0 Å². The van der Waals surface area contributed by atoms with Crippen molar-refractivity contribution in [2.45, 2.75) is 6.92 Å². The van der Waals surface area contributed by atoms with E-state index in [9.17, 15) is 14.4 Å². The number of aryl methyl sites for hydroxylation is 1. The van der Waals surface area contributed by atoms with Gasteiger partial charge in [-0.3, -0.25) is 19.3 Å². The van der Waals surface area contributed by atoms with Gasteiger partial charge in [-0.1, -0.05) is 34.1 Å². The van der Waals surface area contributed by atoms with Gasteiger partial charge in [0.1, 0.15) is 0 Å². The number of hydrogen-bond acceptors (Lipinski definition) is 5. The number of halogens is 1. The van der Waals surface area contributed by atoms with E-state index in [0.717, 1.165) is 32.4 Å². The predicted octanol–water partition coefficient (Wildman–Crippen LogP) is 4.21. The minimum Gasteiger partial charge on any atom is -0.367 e. The normalized spacial score (nSPS) is 18.9. The largest absolute Gasteiger partial charge is 0.367 e. The lowest BCUT2D eigenvalue weighted by Crippen LogP contribution is -2.33. The molecule has 0 radical (unpaired) electrons. The van der Waals surface area contributed by atoms with Crippen molar-refractivity contribution in [1.29, 1.82) is 0 Å². The van der Waals surface area contributed by atoms with Gasteiger partial charge >= 0.3 is 0 Å². The monoisotopic (exact) mass is 457 g/mol. The number of thioether (sulfide) groups is 1. The number of benzene rings is 2. The van der Waals surface area contributed by atoms with Crippen molar-refractivity contribution in [3.8, 4) is 0 Å². The number of likely N-dealkylation sites (N-methyl/N-ethyl adjacent to an activating group) is 1. The Bertz CT molecular complexity index is 1070. The molecule has 0 bridgehead atoms. The lowest BCUT2D eigenvalue weighted by Gasteiger charge is -2.16. The van der Waals surface area contributed by atoms with Gasteiger partial charge in [0.15, 0.2) is 0 Å². The van der Waals surface area contributed by atoms with Gasteiger partial charge in [-0.05, 0) is 48.5 Å². The van der Waals surface area contributed by atoms with Crippen LogP contribution in [0.2, 0.25) is 0 Å². The van der Waals surface area contributed by atoms with E-state index in [1.807, 2.05) is 43.3 Å². The van der Waals surface area contributed by atoms with Crippen LogP contribution in [-0.2, 0) is 9.59 Å². The van der Waals surface area contributed by atoms with Crippen LogP contribution in [0, 0.1) is 6.92 Å². The molecule has 0 aliphatic carbocycles. The smallest absolute Gasteiger partial charge is 0.295 e. The van der Waals surface area contributed by atoms with Crippen LogP contribution in [0.4, 0.5) is 16.2 Å². The molecule has 0 unspecified atom stereocenters. The van der Waals surface area contributed by atoms with Crippen LogP contribution in [0.25, 0.3) is 5.57 Å². The number of fused-ring (bicyclic) bond motifs is 1. The first-order chi connectivity index (χ1) is 13.4. The van der Waals surface area contributed by atoms with Crippen molar-refractivity contribution in [3.63, 3.8) is 0 Å². The van der Waals surface area contributed by atoms with E-state index >= 15 is 0 Å². The number of amides is 3. The zero-order valence-electron chi connectivity index (χ0n) is 15.2. The molecule has 2 aromatic rings. The van der Waals surface area contributed by atoms with E-state index in [1.165, 1.54) is 4.90 Å². The van der Waals surface area contributed by atoms with Gasteiger partial charge in [0, 0.05) is 22.8 Å². The molecule has 142 valence electrons. The first-order valence-corrected chi connectivity index (χ1v) is 10.1. The summed E-state index contributed by atoms with van der Waals surface area (Å²) in [4.78, 5) is 41.0. The molecule has 2 aromatic carbocycles. The molecule has 3 amide bonds. The summed E-state index contributed by atoms with van der Waals surface area (Å²) in [5, 5.41) is 2.72. The summed E-state index contributed by atoms with van der Waals surface area (Å²) < 4.78 is 0.798. The highest BCUT2D eigenvalue weighted by Crippen LogP contribution is 2.44. The molecule has 0 aromatic heterocycles. The third-order valence-electron chi connectivity index (χ3n) is 4.76. The van der Waals surface area contributed by atoms with Crippen molar-refractivity contribution < 1.29 is 14.4 Å². The van der Waals surface area contributed by atoms with Crippen molar-refractivity contribution in [2.75, 3.05) is 23.9 Å². The molecule has 0 saturated carbocycles. The summed E-state index contributed by atoms with van der Waals surface area (Å²) in [6.07, 6.45) is 0. The number of nitrogens with zero attached hydrogens (tertiary/aromatic N) is 2. The fraction of sp³-hybridized carbons (Fsp3) is 0.150. The van der Waals surface area contributed by atoms with Crippen molar-refractivity contribution >= 4 is 61.7 Å². The Morgan fingerprint density at radius 2 is 1.82 bits per heavy atom. The molecular formula is C20H16BrN3O3S. The highest BCUT2D eigenvalue weighted by Gasteiger charge is 2.42. The minimum absolute atomic E-state index is 0.0433. The van der Waals surface area contributed by atoms with Crippen LogP contribution >= 0.6 is 27.7 Å². The number of rotatable bonds is 3. The maximum absolute atomic E-state index is 13.0. The Labute approximate surface area is 174 Å². The van der Waals surface area contributed by atoms with Crippen LogP contribution in [0.3, 0.4) is 0 Å². The van der Waals surface area contributed by atoms with Gasteiger partial charge in [-0.2, -0.15) is 0 Å². The van der Waals surface area contributed by atoms with Crippen LogP contribution < -0.4 is 10.2 Å². The summed E-state index contributed by atoms with van der Waals surface area (Å²) in [5.41, 5.74) is 3.51. The van der Waals surface area contributed by atoms with E-state index in [4.69, 9.17) is 0 Å². The van der Waals surface area contributed by atoms with Crippen LogP contribution in [0.1, 0.15) is 11.1 Å². The standard InChI is InChI=1S/C20H16BrN3O3S/c1-11-5-3-4-6-14(11)22-10-24-19(26)17(28-20(24)27)16-13-9-12(21)7-8-15(13)23(2)18(16)25/h3-9,22H,10H2,1-2H3/b17-16+. The summed E-state index contributed by atoms with van der Waals surface area (Å²) in [6.45, 7) is 1.99. The van der Waals surface area contributed by atoms with Gasteiger partial charge in [0.05, 0.1) is 22.8 Å². The number of para-hydroxylation sites is 1. The second-order valence-corrected chi connectivity index (χ2v) is 8.36. The average molecular weight is 458 g/mol. The second-order valence-electron chi connectivity index (χ2n) is 6.48. The van der Waals surface area contributed by atoms with E-state index < -0.39 is 11.1 Å². The molecule has 2 heterocycles. The molecule has 0 atom stereocenters. The number of hydrogen-bond donors (Lipinski definition) is 1. The average Bonchev–Trinajstić information content (AvgIpc) is 3.07. The highest BCUT2D eigenvalue weighted by molar-refractivity contribution is 9.10. The maximum Gasteiger partial charge on any atom is 0.295 e. The number of carbonyl (C=O) groups is 3. The Kier molecular flexibility index (Phi) is 4.76. The lowest BCUT2D eigenvalue weighted by atomic mass is 10.1. The van der Waals surface area contributed by atoms with E-state index in [0.29, 0.717) is 11.3 Å². The summed E-state index contributed by atoms with van der Waals surface area (Å²) >= 11 is 4.21. The topological polar surface area (TPSA) is 69.7 Å². The predicted molar refractivity (Wildman–Crippen MR) is 114 cm³/mol. The van der Waals surface area contributed by atoms with Crippen molar-refractivity contribution in [3.05, 3.63) is 63.0 Å². The number of anilines is 2. The van der Waals surface area contributed by atoms with Gasteiger partial charge in [-0.15, -0.1) is 0 Å². The maximum atomic E-state index is 13.0. The van der Waals surface area contributed by atoms with Crippen LogP contribution in [-0.4, -0.2) is 35.7 Å². The van der Waals surface area contributed by atoms with Gasteiger partial charge < -0.3 is 10.2 Å². The Hall–Kier alpha value is -2.58. The zero-order chi connectivity index (χ0) is 20.0. The molecule has 28 heavy (non-hydrogen) atoms. The fourth-order valence-electron chi connectivity index (χ4n) is 3.23. The number of carbonyl (C=O) groups excluding carboxylic acids is 3. The Morgan fingerprint density at radius 1 is 1.07 bits per heavy atom. The van der Waals surface area contributed by atoms with Gasteiger partial charge in [0.2, 0.25) is 0 Å². The van der Waals surface area contributed by atoms with Crippen molar-refractivity contribution in [1.82, 2.24) is 4.90 Å². The fourth-order valence-corrected chi connectivity index (χ4v) is 4.52. The molecule has 8 heteroatoms. The number of nitrogens with one attached hydrogen (secondary N) is 1. The van der Waals surface area contributed by atoms with E-state index in [1.54, 1.807) is 13.1 Å². The minimum atomic E-state index is -0.458. The van der Waals surface area contributed by atoms with Crippen LogP contribution in [0.15, 0.2) is 51.8 Å². The first-order valence-electron chi connectivity index (χ1n) is 8.54. The third-order valence-corrected chi connectivity index (χ3v) is 6.23. The second kappa shape index (κ2) is 7.10. The highest BCUT2D eigenvalue weighted by atomic mass is 79.9.